The van der Waals surface area contributed by atoms with E-state index in [1.54, 1.807) is 6.92 Å². The summed E-state index contributed by atoms with van der Waals surface area (Å²) < 4.78 is 9.30. The lowest BCUT2D eigenvalue weighted by molar-refractivity contribution is 0.146. The second-order valence-electron chi connectivity index (χ2n) is 4.52. The minimum absolute atomic E-state index is 0.0579. The first kappa shape index (κ1) is 18.2. The quantitative estimate of drug-likeness (QED) is 0.775. The summed E-state index contributed by atoms with van der Waals surface area (Å²) in [4.78, 5) is 13.0. The summed E-state index contributed by atoms with van der Waals surface area (Å²) in [6.45, 7) is 5.85. The number of hydrogen-bond donors (Lipinski definition) is 2. The number of hydrogen-bond acceptors (Lipinski definition) is 6. The van der Waals surface area contributed by atoms with Crippen LogP contribution in [0.5, 0.6) is 5.88 Å². The number of ether oxygens (including phenoxy) is 1. The van der Waals surface area contributed by atoms with Gasteiger partial charge >= 0.3 is 6.09 Å². The Balaban J connectivity index is 0.000000428. The molecule has 0 spiro atoms. The van der Waals surface area contributed by atoms with E-state index in [1.165, 1.54) is 6.07 Å². The van der Waals surface area contributed by atoms with Gasteiger partial charge in [0, 0.05) is 12.6 Å². The molecule has 0 unspecified atom stereocenters. The molecule has 1 aromatic heterocycles. The van der Waals surface area contributed by atoms with Gasteiger partial charge in [0.15, 0.2) is 0 Å². The lowest BCUT2D eigenvalue weighted by Crippen LogP contribution is -2.27. The van der Waals surface area contributed by atoms with Gasteiger partial charge < -0.3 is 24.6 Å². The van der Waals surface area contributed by atoms with Crippen molar-refractivity contribution in [2.45, 2.75) is 26.7 Å². The van der Waals surface area contributed by atoms with Gasteiger partial charge in [0.05, 0.1) is 6.61 Å². The molecule has 0 aliphatic rings. The molecule has 0 aliphatic heterocycles. The number of amides is 1. The highest BCUT2D eigenvalue weighted by atomic mass is 16.5. The topological polar surface area (TPSA) is 87.8 Å². The number of nitrogens with zero attached hydrogens (tertiary/aromatic N) is 2. The number of nitrogens with one attached hydrogen (secondary N) is 1. The Labute approximate surface area is 119 Å². The average Bonchev–Trinajstić information content (AvgIpc) is 2.76. The number of alkyl carbamates (subject to hydrolysis) is 1. The molecule has 1 rings (SSSR count). The SMILES string of the molecule is CCCOC(=O)NCCCN(C)C.Cc1cc(O)no1. The average molecular weight is 287 g/mol. The fourth-order valence-electron chi connectivity index (χ4n) is 1.18. The van der Waals surface area contributed by atoms with Crippen LogP contribution in [0, 0.1) is 6.92 Å². The Kier molecular flexibility index (Phi) is 10.1. The van der Waals surface area contributed by atoms with Gasteiger partial charge in [-0.25, -0.2) is 4.79 Å². The molecule has 0 atom stereocenters. The minimum Gasteiger partial charge on any atom is -0.491 e. The standard InChI is InChI=1S/C9H20N2O2.C4H5NO2/c1-4-8-13-9(12)10-6-5-7-11(2)3;1-3-2-4(6)5-7-3/h4-8H2,1-3H3,(H,10,12);2H,1H3,(H,5,6). The summed E-state index contributed by atoms with van der Waals surface area (Å²) in [7, 11) is 4.02. The van der Waals surface area contributed by atoms with Gasteiger partial charge in [-0.3, -0.25) is 0 Å². The zero-order valence-electron chi connectivity index (χ0n) is 12.7. The highest BCUT2D eigenvalue weighted by Gasteiger charge is 1.99. The Morgan fingerprint density at radius 2 is 2.25 bits per heavy atom. The molecular weight excluding hydrogens is 262 g/mol. The molecule has 1 aromatic rings. The van der Waals surface area contributed by atoms with Gasteiger partial charge in [0.1, 0.15) is 5.76 Å². The van der Waals surface area contributed by atoms with Gasteiger partial charge in [-0.1, -0.05) is 6.92 Å². The van der Waals surface area contributed by atoms with Crippen LogP contribution in [0.15, 0.2) is 10.6 Å². The van der Waals surface area contributed by atoms with Gasteiger partial charge in [0.2, 0.25) is 0 Å². The molecule has 0 aromatic carbocycles. The first-order valence-electron chi connectivity index (χ1n) is 6.63. The van der Waals surface area contributed by atoms with Gasteiger partial charge in [-0.15, -0.1) is 0 Å². The van der Waals surface area contributed by atoms with E-state index in [0.717, 1.165) is 19.4 Å². The molecule has 0 aliphatic carbocycles. The molecule has 0 bridgehead atoms. The predicted molar refractivity (Wildman–Crippen MR) is 75.7 cm³/mol. The van der Waals surface area contributed by atoms with Crippen LogP contribution in [0.3, 0.4) is 0 Å². The lowest BCUT2D eigenvalue weighted by Gasteiger charge is -2.09. The molecule has 1 amide bonds. The van der Waals surface area contributed by atoms with Crippen LogP contribution < -0.4 is 5.32 Å². The van der Waals surface area contributed by atoms with E-state index in [1.807, 2.05) is 21.0 Å². The summed E-state index contributed by atoms with van der Waals surface area (Å²) >= 11 is 0. The largest absolute Gasteiger partial charge is 0.491 e. The van der Waals surface area contributed by atoms with Gasteiger partial charge in [-0.05, 0) is 45.6 Å². The summed E-state index contributed by atoms with van der Waals surface area (Å²) in [5.74, 6) is 0.565. The van der Waals surface area contributed by atoms with Crippen molar-refractivity contribution in [3.63, 3.8) is 0 Å². The number of carbonyl (C=O) groups is 1. The second kappa shape index (κ2) is 11.1. The highest BCUT2D eigenvalue weighted by molar-refractivity contribution is 5.66. The highest BCUT2D eigenvalue weighted by Crippen LogP contribution is 2.05. The third kappa shape index (κ3) is 11.3. The van der Waals surface area contributed by atoms with E-state index in [0.29, 0.717) is 18.9 Å². The molecule has 0 radical (unpaired) electrons. The third-order valence-electron chi connectivity index (χ3n) is 2.10. The van der Waals surface area contributed by atoms with E-state index in [9.17, 15) is 4.79 Å². The molecule has 1 heterocycles. The fraction of sp³-hybridized carbons (Fsp3) is 0.692. The number of carbonyl (C=O) groups excluding carboxylic acids is 1. The molecular formula is C13H25N3O4. The van der Waals surface area contributed by atoms with Crippen molar-refractivity contribution in [2.24, 2.45) is 0 Å². The first-order chi connectivity index (χ1) is 9.45. The molecule has 0 saturated carbocycles. The van der Waals surface area contributed by atoms with E-state index in [4.69, 9.17) is 9.84 Å². The van der Waals surface area contributed by atoms with Crippen molar-refractivity contribution in [1.82, 2.24) is 15.4 Å². The van der Waals surface area contributed by atoms with Crippen LogP contribution in [-0.4, -0.2) is 55.0 Å². The van der Waals surface area contributed by atoms with Crippen LogP contribution in [0.25, 0.3) is 0 Å². The predicted octanol–water partition coefficient (Wildman–Crippen LogP) is 1.76. The summed E-state index contributed by atoms with van der Waals surface area (Å²) in [5.41, 5.74) is 0. The maximum absolute atomic E-state index is 10.9. The number of aryl methyl sites for hydroxylation is 1. The number of aromatic hydroxyl groups is 1. The Hall–Kier alpha value is -1.76. The smallest absolute Gasteiger partial charge is 0.407 e. The molecule has 0 saturated heterocycles. The maximum Gasteiger partial charge on any atom is 0.407 e. The molecule has 2 N–H and O–H groups in total. The van der Waals surface area contributed by atoms with Crippen molar-refractivity contribution in [1.29, 1.82) is 0 Å². The molecule has 7 nitrogen and oxygen atoms in total. The minimum atomic E-state index is -0.305. The van der Waals surface area contributed by atoms with Crippen molar-refractivity contribution >= 4 is 6.09 Å². The summed E-state index contributed by atoms with van der Waals surface area (Å²) in [6.07, 6.45) is 1.51. The van der Waals surface area contributed by atoms with Crippen LogP contribution in [-0.2, 0) is 4.74 Å². The van der Waals surface area contributed by atoms with Crippen molar-refractivity contribution in [2.75, 3.05) is 33.8 Å². The monoisotopic (exact) mass is 287 g/mol. The van der Waals surface area contributed by atoms with E-state index in [2.05, 4.69) is 19.9 Å². The zero-order valence-corrected chi connectivity index (χ0v) is 12.7. The van der Waals surface area contributed by atoms with Crippen molar-refractivity contribution < 1.29 is 19.2 Å². The van der Waals surface area contributed by atoms with E-state index in [-0.39, 0.29) is 12.0 Å². The molecule has 20 heavy (non-hydrogen) atoms. The second-order valence-corrected chi connectivity index (χ2v) is 4.52. The van der Waals surface area contributed by atoms with E-state index >= 15 is 0 Å². The normalized spacial score (nSPS) is 9.85. The maximum atomic E-state index is 10.9. The molecule has 116 valence electrons. The first-order valence-corrected chi connectivity index (χ1v) is 6.63. The number of aromatic nitrogens is 1. The Bertz CT molecular complexity index is 350. The fourth-order valence-corrected chi connectivity index (χ4v) is 1.18. The lowest BCUT2D eigenvalue weighted by atomic mass is 10.4. The Morgan fingerprint density at radius 1 is 1.55 bits per heavy atom. The van der Waals surface area contributed by atoms with Crippen LogP contribution in [0.2, 0.25) is 0 Å². The third-order valence-corrected chi connectivity index (χ3v) is 2.10. The van der Waals surface area contributed by atoms with E-state index < -0.39 is 0 Å². The van der Waals surface area contributed by atoms with Crippen LogP contribution >= 0.6 is 0 Å². The Morgan fingerprint density at radius 3 is 2.65 bits per heavy atom. The van der Waals surface area contributed by atoms with Crippen LogP contribution in [0.1, 0.15) is 25.5 Å². The summed E-state index contributed by atoms with van der Waals surface area (Å²) in [5, 5.41) is 14.3. The summed E-state index contributed by atoms with van der Waals surface area (Å²) in [6, 6.07) is 1.44. The van der Waals surface area contributed by atoms with Crippen LogP contribution in [0.4, 0.5) is 4.79 Å². The van der Waals surface area contributed by atoms with Gasteiger partial charge in [-0.2, -0.15) is 0 Å². The number of rotatable bonds is 6. The van der Waals surface area contributed by atoms with Gasteiger partial charge in [0.25, 0.3) is 5.88 Å². The van der Waals surface area contributed by atoms with Crippen molar-refractivity contribution in [3.8, 4) is 5.88 Å². The molecule has 0 fully saturated rings. The van der Waals surface area contributed by atoms with Crippen molar-refractivity contribution in [3.05, 3.63) is 11.8 Å². The molecule has 7 heteroatoms. The zero-order chi connectivity index (χ0) is 15.4.